The van der Waals surface area contributed by atoms with Crippen LogP contribution >= 0.6 is 0 Å². The number of sulfonamides is 1. The molecule has 2 rings (SSSR count). The maximum Gasteiger partial charge on any atom is 0.309 e. The van der Waals surface area contributed by atoms with Gasteiger partial charge >= 0.3 is 5.97 Å². The van der Waals surface area contributed by atoms with Crippen molar-refractivity contribution < 1.29 is 27.7 Å². The van der Waals surface area contributed by atoms with Crippen LogP contribution in [-0.4, -0.2) is 62.1 Å². The molecule has 0 bridgehead atoms. The second-order valence-corrected chi connectivity index (χ2v) is 8.72. The van der Waals surface area contributed by atoms with Crippen LogP contribution in [0.4, 0.5) is 11.4 Å². The predicted octanol–water partition coefficient (Wildman–Crippen LogP) is 1.55. The van der Waals surface area contributed by atoms with Gasteiger partial charge in [0.2, 0.25) is 15.9 Å². The number of non-ortho nitro benzene ring substituents is 1. The van der Waals surface area contributed by atoms with Crippen LogP contribution in [0, 0.1) is 16.0 Å². The summed E-state index contributed by atoms with van der Waals surface area (Å²) in [4.78, 5) is 36.7. The quantitative estimate of drug-likeness (QED) is 0.367. The smallest absolute Gasteiger partial charge is 0.309 e. The Balaban J connectivity index is 2.19. The van der Waals surface area contributed by atoms with E-state index in [1.165, 1.54) is 30.0 Å². The number of carbonyl (C=O) groups is 2. The first-order valence-electron chi connectivity index (χ1n) is 9.25. The lowest BCUT2D eigenvalue weighted by Gasteiger charge is -2.36. The van der Waals surface area contributed by atoms with Crippen LogP contribution in [0.5, 0.6) is 0 Å². The number of nitrogens with zero attached hydrogens (tertiary/aromatic N) is 3. The van der Waals surface area contributed by atoms with Crippen molar-refractivity contribution >= 4 is 33.3 Å². The minimum Gasteiger partial charge on any atom is -0.466 e. The van der Waals surface area contributed by atoms with E-state index in [0.29, 0.717) is 32.5 Å². The third-order valence-electron chi connectivity index (χ3n) is 4.79. The Labute approximate surface area is 169 Å². The molecule has 10 nitrogen and oxygen atoms in total. The van der Waals surface area contributed by atoms with E-state index in [-0.39, 0.29) is 23.3 Å². The minimum atomic E-state index is -3.89. The normalized spacial score (nSPS) is 16.2. The zero-order valence-corrected chi connectivity index (χ0v) is 17.4. The molecule has 1 aliphatic heterocycles. The molecular formula is C18H25N3O7S. The minimum absolute atomic E-state index is 0.0453. The van der Waals surface area contributed by atoms with E-state index >= 15 is 0 Å². The van der Waals surface area contributed by atoms with Gasteiger partial charge in [0.05, 0.1) is 29.4 Å². The summed E-state index contributed by atoms with van der Waals surface area (Å²) in [5.74, 6) is -0.997. The molecule has 29 heavy (non-hydrogen) atoms. The van der Waals surface area contributed by atoms with Crippen LogP contribution in [0.3, 0.4) is 0 Å². The van der Waals surface area contributed by atoms with Gasteiger partial charge in [-0.05, 0) is 32.8 Å². The number of nitro groups is 1. The largest absolute Gasteiger partial charge is 0.466 e. The van der Waals surface area contributed by atoms with Crippen molar-refractivity contribution in [1.29, 1.82) is 0 Å². The molecule has 1 aromatic rings. The fraction of sp³-hybridized carbons (Fsp3) is 0.556. The van der Waals surface area contributed by atoms with E-state index in [0.717, 1.165) is 16.6 Å². The van der Waals surface area contributed by atoms with Crippen molar-refractivity contribution in [3.05, 3.63) is 34.4 Å². The maximum absolute atomic E-state index is 13.0. The third-order valence-corrected chi connectivity index (χ3v) is 6.03. The van der Waals surface area contributed by atoms with Gasteiger partial charge in [-0.1, -0.05) is 6.07 Å². The first-order valence-corrected chi connectivity index (χ1v) is 11.1. The molecule has 1 amide bonds. The fourth-order valence-electron chi connectivity index (χ4n) is 3.41. The molecule has 1 fully saturated rings. The Morgan fingerprint density at radius 2 is 1.97 bits per heavy atom. The fourth-order valence-corrected chi connectivity index (χ4v) is 4.57. The number of anilines is 1. The molecule has 0 aromatic heterocycles. The highest BCUT2D eigenvalue weighted by atomic mass is 32.2. The molecule has 160 valence electrons. The highest BCUT2D eigenvalue weighted by Gasteiger charge is 2.35. The number of carbonyl (C=O) groups excluding carboxylic acids is 2. The lowest BCUT2D eigenvalue weighted by atomic mass is 9.96. The summed E-state index contributed by atoms with van der Waals surface area (Å²) in [6, 6.07) is 4.05. The number of piperidine rings is 1. The van der Waals surface area contributed by atoms with Crippen LogP contribution in [-0.2, 0) is 24.3 Å². The van der Waals surface area contributed by atoms with Crippen LogP contribution in [0.2, 0.25) is 0 Å². The number of nitro benzene ring substituents is 1. The molecule has 11 heteroatoms. The molecule has 0 N–H and O–H groups in total. The zero-order chi connectivity index (χ0) is 21.8. The highest BCUT2D eigenvalue weighted by Crippen LogP contribution is 2.27. The molecular weight excluding hydrogens is 402 g/mol. The third kappa shape index (κ3) is 5.43. The Morgan fingerprint density at radius 3 is 2.48 bits per heavy atom. The van der Waals surface area contributed by atoms with Crippen molar-refractivity contribution in [1.82, 2.24) is 4.90 Å². The molecule has 1 heterocycles. The van der Waals surface area contributed by atoms with Crippen molar-refractivity contribution in [3.8, 4) is 0 Å². The molecule has 1 saturated heterocycles. The molecule has 0 spiro atoms. The standard InChI is InChI=1S/C18H25N3O7S/c1-4-28-18(23)14-8-10-19(11-9-14)17(22)13(2)20(29(3,26)27)15-6-5-7-16(12-15)21(24)25/h5-7,12-14H,4,8-11H2,1-3H3. The Hall–Kier alpha value is -2.69. The van der Waals surface area contributed by atoms with Gasteiger partial charge in [0.1, 0.15) is 6.04 Å². The zero-order valence-electron chi connectivity index (χ0n) is 16.6. The summed E-state index contributed by atoms with van der Waals surface area (Å²) < 4.78 is 30.7. The first kappa shape index (κ1) is 22.6. The van der Waals surface area contributed by atoms with E-state index in [1.807, 2.05) is 0 Å². The van der Waals surface area contributed by atoms with Gasteiger partial charge in [0, 0.05) is 25.2 Å². The van der Waals surface area contributed by atoms with Crippen molar-refractivity contribution in [2.24, 2.45) is 5.92 Å². The van der Waals surface area contributed by atoms with Crippen LogP contribution in [0.1, 0.15) is 26.7 Å². The summed E-state index contributed by atoms with van der Waals surface area (Å²) in [5, 5.41) is 11.0. The number of esters is 1. The highest BCUT2D eigenvalue weighted by molar-refractivity contribution is 7.92. The lowest BCUT2D eigenvalue weighted by molar-refractivity contribution is -0.384. The summed E-state index contributed by atoms with van der Waals surface area (Å²) in [6.07, 6.45) is 1.82. The molecule has 1 aromatic carbocycles. The summed E-state index contributed by atoms with van der Waals surface area (Å²) >= 11 is 0. The Bertz CT molecular complexity index is 879. The molecule has 0 radical (unpaired) electrons. The van der Waals surface area contributed by atoms with E-state index in [9.17, 15) is 28.1 Å². The second-order valence-electron chi connectivity index (χ2n) is 6.86. The maximum atomic E-state index is 13.0. The van der Waals surface area contributed by atoms with Gasteiger partial charge in [-0.3, -0.25) is 24.0 Å². The van der Waals surface area contributed by atoms with Crippen molar-refractivity contribution in [3.63, 3.8) is 0 Å². The average Bonchev–Trinajstić information content (AvgIpc) is 2.67. The summed E-state index contributed by atoms with van der Waals surface area (Å²) in [5.41, 5.74) is -0.227. The Morgan fingerprint density at radius 1 is 1.34 bits per heavy atom. The Kier molecular flexibility index (Phi) is 7.17. The number of likely N-dealkylation sites (tertiary alicyclic amines) is 1. The predicted molar refractivity (Wildman–Crippen MR) is 106 cm³/mol. The SMILES string of the molecule is CCOC(=O)C1CCN(C(=O)C(C)N(c2cccc([N+](=O)[O-])c2)S(C)(=O)=O)CC1. The molecule has 1 atom stereocenters. The molecule has 1 aliphatic rings. The van der Waals surface area contributed by atoms with E-state index in [1.54, 1.807) is 6.92 Å². The number of rotatable bonds is 7. The summed E-state index contributed by atoms with van der Waals surface area (Å²) in [7, 11) is -3.89. The van der Waals surface area contributed by atoms with Gasteiger partial charge in [-0.25, -0.2) is 8.42 Å². The van der Waals surface area contributed by atoms with Crippen LogP contribution in [0.25, 0.3) is 0 Å². The monoisotopic (exact) mass is 427 g/mol. The molecule has 0 aliphatic carbocycles. The van der Waals surface area contributed by atoms with Crippen molar-refractivity contribution in [2.75, 3.05) is 30.3 Å². The van der Waals surface area contributed by atoms with E-state index < -0.39 is 26.9 Å². The van der Waals surface area contributed by atoms with Gasteiger partial charge < -0.3 is 9.64 Å². The second kappa shape index (κ2) is 9.21. The molecule has 0 saturated carbocycles. The number of ether oxygens (including phenoxy) is 1. The van der Waals surface area contributed by atoms with Gasteiger partial charge in [-0.15, -0.1) is 0 Å². The van der Waals surface area contributed by atoms with Crippen LogP contribution in [0.15, 0.2) is 24.3 Å². The van der Waals surface area contributed by atoms with Gasteiger partial charge in [0.15, 0.2) is 0 Å². The van der Waals surface area contributed by atoms with Gasteiger partial charge in [0.25, 0.3) is 5.69 Å². The number of hydrogen-bond donors (Lipinski definition) is 0. The number of amides is 1. The average molecular weight is 427 g/mol. The van der Waals surface area contributed by atoms with Crippen LogP contribution < -0.4 is 4.31 Å². The van der Waals surface area contributed by atoms with E-state index in [2.05, 4.69) is 0 Å². The topological polar surface area (TPSA) is 127 Å². The lowest BCUT2D eigenvalue weighted by Crippen LogP contribution is -2.51. The number of benzene rings is 1. The first-order chi connectivity index (χ1) is 13.6. The molecule has 1 unspecified atom stereocenters. The number of hydrogen-bond acceptors (Lipinski definition) is 7. The summed E-state index contributed by atoms with van der Waals surface area (Å²) in [6.45, 7) is 4.07. The van der Waals surface area contributed by atoms with Gasteiger partial charge in [-0.2, -0.15) is 0 Å². The van der Waals surface area contributed by atoms with Crippen molar-refractivity contribution in [2.45, 2.75) is 32.7 Å². The van der Waals surface area contributed by atoms with E-state index in [4.69, 9.17) is 4.74 Å².